The summed E-state index contributed by atoms with van der Waals surface area (Å²) >= 11 is 0. The molecule has 76 valence electrons. The summed E-state index contributed by atoms with van der Waals surface area (Å²) in [5.74, 6) is 3.63. The molecule has 0 bridgehead atoms. The van der Waals surface area contributed by atoms with Gasteiger partial charge in [-0.05, 0) is 18.4 Å². The van der Waals surface area contributed by atoms with Crippen molar-refractivity contribution in [2.75, 3.05) is 0 Å². The number of hydrogen-bond donors (Lipinski definition) is 0. The van der Waals surface area contributed by atoms with Gasteiger partial charge in [0.05, 0.1) is 11.9 Å². The Balaban J connectivity index is 2.65. The smallest absolute Gasteiger partial charge is 0.192 e. The Hall–Kier alpha value is -1.80. The topological polar surface area (TPSA) is 50.5 Å². The minimum Gasteiger partial charge on any atom is -0.254 e. The van der Waals surface area contributed by atoms with Crippen molar-refractivity contribution in [2.45, 2.75) is 26.7 Å². The van der Waals surface area contributed by atoms with Gasteiger partial charge >= 0.3 is 0 Å². The van der Waals surface area contributed by atoms with Crippen LogP contribution in [-0.2, 0) is 0 Å². The van der Waals surface area contributed by atoms with Crippen molar-refractivity contribution >= 4 is 17.9 Å². The number of fused-ring (bicyclic) bond motifs is 1. The summed E-state index contributed by atoms with van der Waals surface area (Å²) in [6.07, 6.45) is 3.28. The van der Waals surface area contributed by atoms with Gasteiger partial charge in [0.1, 0.15) is 0 Å². The maximum absolute atomic E-state index is 4.17. The van der Waals surface area contributed by atoms with Crippen LogP contribution in [0, 0.1) is 6.92 Å². The molecule has 2 rings (SSSR count). The second-order valence-electron chi connectivity index (χ2n) is 3.75. The third kappa shape index (κ3) is 1.72. The van der Waals surface area contributed by atoms with E-state index in [0.717, 1.165) is 16.8 Å². The van der Waals surface area contributed by atoms with Crippen molar-refractivity contribution < 1.29 is 0 Å². The third-order valence-corrected chi connectivity index (χ3v) is 2.33. The number of nitrogens with zero attached hydrogens (tertiary/aromatic N) is 4. The Kier molecular flexibility index (Phi) is 2.44. The molecule has 2 heterocycles. The van der Waals surface area contributed by atoms with Gasteiger partial charge < -0.3 is 0 Å². The minimum absolute atomic E-state index is 0.358. The van der Waals surface area contributed by atoms with Gasteiger partial charge in [-0.3, -0.25) is 4.99 Å². The number of aromatic nitrogens is 2. The zero-order chi connectivity index (χ0) is 10.8. The van der Waals surface area contributed by atoms with E-state index in [9.17, 15) is 0 Å². The van der Waals surface area contributed by atoms with E-state index in [1.807, 2.05) is 6.92 Å². The van der Waals surface area contributed by atoms with E-state index < -0.39 is 0 Å². The van der Waals surface area contributed by atoms with E-state index in [2.05, 4.69) is 39.9 Å². The summed E-state index contributed by atoms with van der Waals surface area (Å²) in [5, 5.41) is 8.24. The van der Waals surface area contributed by atoms with Crippen LogP contribution in [0.3, 0.4) is 0 Å². The molecule has 0 atom stereocenters. The standard InChI is InChI=1S/C11H12N4/c1-7(2)10-8(3)9-6-12-4-5-13-11(9)15-14-10/h4,6-7H,1-3H3. The van der Waals surface area contributed by atoms with Crippen LogP contribution in [0.2, 0.25) is 0 Å². The van der Waals surface area contributed by atoms with Crippen LogP contribution in [0.4, 0.5) is 5.82 Å². The summed E-state index contributed by atoms with van der Waals surface area (Å²) in [7, 11) is 0. The Bertz CT molecular complexity index is 480. The third-order valence-electron chi connectivity index (χ3n) is 2.33. The van der Waals surface area contributed by atoms with Crippen molar-refractivity contribution in [1.29, 1.82) is 0 Å². The van der Waals surface area contributed by atoms with Crippen LogP contribution < -0.4 is 0 Å². The van der Waals surface area contributed by atoms with Crippen LogP contribution in [0.15, 0.2) is 16.2 Å². The monoisotopic (exact) mass is 200 g/mol. The van der Waals surface area contributed by atoms with Gasteiger partial charge in [-0.25, -0.2) is 0 Å². The van der Waals surface area contributed by atoms with Crippen molar-refractivity contribution in [1.82, 2.24) is 10.2 Å². The van der Waals surface area contributed by atoms with Gasteiger partial charge in [-0.15, -0.1) is 5.10 Å². The first kappa shape index (κ1) is 9.74. The molecule has 1 aromatic rings. The molecule has 0 saturated heterocycles. The lowest BCUT2D eigenvalue weighted by atomic mass is 10.0. The summed E-state index contributed by atoms with van der Waals surface area (Å²) in [5.41, 5.74) is 3.03. The highest BCUT2D eigenvalue weighted by Gasteiger charge is 2.13. The summed E-state index contributed by atoms with van der Waals surface area (Å²) in [6.45, 7) is 6.22. The maximum atomic E-state index is 4.17. The lowest BCUT2D eigenvalue weighted by molar-refractivity contribution is 0.774. The van der Waals surface area contributed by atoms with Gasteiger partial charge in [0.2, 0.25) is 0 Å². The molecule has 4 heteroatoms. The van der Waals surface area contributed by atoms with Crippen LogP contribution >= 0.6 is 0 Å². The molecule has 0 aliphatic carbocycles. The van der Waals surface area contributed by atoms with Crippen LogP contribution in [0.25, 0.3) is 0 Å². The summed E-state index contributed by atoms with van der Waals surface area (Å²) < 4.78 is 0. The molecule has 0 N–H and O–H groups in total. The zero-order valence-electron chi connectivity index (χ0n) is 9.02. The highest BCUT2D eigenvalue weighted by molar-refractivity contribution is 5.90. The number of hydrogen-bond acceptors (Lipinski definition) is 4. The fraction of sp³-hybridized carbons (Fsp3) is 0.364. The fourth-order valence-electron chi connectivity index (χ4n) is 1.56. The molecule has 1 aromatic heterocycles. The maximum Gasteiger partial charge on any atom is 0.192 e. The average molecular weight is 200 g/mol. The highest BCUT2D eigenvalue weighted by Crippen LogP contribution is 2.24. The average Bonchev–Trinajstić information content (AvgIpc) is 2.43. The molecule has 0 radical (unpaired) electrons. The van der Waals surface area contributed by atoms with Gasteiger partial charge in [0.25, 0.3) is 0 Å². The van der Waals surface area contributed by atoms with Crippen molar-refractivity contribution in [3.05, 3.63) is 23.0 Å². The van der Waals surface area contributed by atoms with Crippen molar-refractivity contribution in [3.63, 3.8) is 0 Å². The first-order valence-corrected chi connectivity index (χ1v) is 4.88. The molecule has 1 aliphatic heterocycles. The lowest BCUT2D eigenvalue weighted by Crippen LogP contribution is -2.03. The van der Waals surface area contributed by atoms with Crippen LogP contribution in [0.5, 0.6) is 0 Å². The molecule has 15 heavy (non-hydrogen) atoms. The van der Waals surface area contributed by atoms with Crippen molar-refractivity contribution in [2.24, 2.45) is 9.98 Å². The molecule has 0 spiro atoms. The molecule has 0 saturated carbocycles. The van der Waals surface area contributed by atoms with E-state index in [-0.39, 0.29) is 0 Å². The highest BCUT2D eigenvalue weighted by atomic mass is 15.2. The van der Waals surface area contributed by atoms with E-state index in [0.29, 0.717) is 11.7 Å². The molecule has 4 nitrogen and oxygen atoms in total. The predicted molar refractivity (Wildman–Crippen MR) is 60.1 cm³/mol. The molecule has 0 amide bonds. The van der Waals surface area contributed by atoms with E-state index >= 15 is 0 Å². The summed E-state index contributed by atoms with van der Waals surface area (Å²) in [4.78, 5) is 8.09. The van der Waals surface area contributed by atoms with Gasteiger partial charge in [-0.1, -0.05) is 13.8 Å². The van der Waals surface area contributed by atoms with Gasteiger partial charge in [-0.2, -0.15) is 10.1 Å². The zero-order valence-corrected chi connectivity index (χ0v) is 9.02. The van der Waals surface area contributed by atoms with Crippen molar-refractivity contribution in [3.8, 4) is 0 Å². The predicted octanol–water partition coefficient (Wildman–Crippen LogP) is 2.16. The number of aliphatic imine (C=N–C) groups is 2. The Morgan fingerprint density at radius 2 is 2.07 bits per heavy atom. The first-order valence-electron chi connectivity index (χ1n) is 4.88. The molecular formula is C11H12N4. The largest absolute Gasteiger partial charge is 0.254 e. The van der Waals surface area contributed by atoms with E-state index in [1.54, 1.807) is 6.21 Å². The Labute approximate surface area is 88.5 Å². The Morgan fingerprint density at radius 1 is 1.27 bits per heavy atom. The molecular weight excluding hydrogens is 188 g/mol. The van der Waals surface area contributed by atoms with Crippen LogP contribution in [0.1, 0.15) is 36.6 Å². The molecule has 1 aliphatic rings. The van der Waals surface area contributed by atoms with E-state index in [1.165, 1.54) is 6.20 Å². The summed E-state index contributed by atoms with van der Waals surface area (Å²) in [6, 6.07) is 0. The lowest BCUT2D eigenvalue weighted by Gasteiger charge is -2.10. The van der Waals surface area contributed by atoms with E-state index in [4.69, 9.17) is 0 Å². The molecule has 0 fully saturated rings. The second-order valence-corrected chi connectivity index (χ2v) is 3.75. The fourth-order valence-corrected chi connectivity index (χ4v) is 1.56. The SMILES string of the molecule is Cc1c(C(C)C)nnc2c1C=NC=C=N2. The second kappa shape index (κ2) is 3.75. The Morgan fingerprint density at radius 3 is 2.80 bits per heavy atom. The number of rotatable bonds is 1. The molecule has 0 unspecified atom stereocenters. The normalized spacial score (nSPS) is 13.1. The first-order chi connectivity index (χ1) is 7.20. The van der Waals surface area contributed by atoms with Crippen LogP contribution in [-0.4, -0.2) is 22.3 Å². The van der Waals surface area contributed by atoms with Gasteiger partial charge in [0, 0.05) is 17.6 Å². The molecule has 0 aromatic carbocycles. The van der Waals surface area contributed by atoms with Gasteiger partial charge in [0.15, 0.2) is 5.82 Å². The quantitative estimate of drug-likeness (QED) is 0.697. The minimum atomic E-state index is 0.358.